The summed E-state index contributed by atoms with van der Waals surface area (Å²) >= 11 is 5.90. The molecular weight excluding hydrogens is 382 g/mol. The predicted molar refractivity (Wildman–Crippen MR) is 107 cm³/mol. The van der Waals surface area contributed by atoms with Gasteiger partial charge >= 0.3 is 0 Å². The van der Waals surface area contributed by atoms with E-state index in [0.717, 1.165) is 0 Å². The molecular formula is C20H14ClN3O4. The number of nitro groups is 1. The van der Waals surface area contributed by atoms with Crippen LogP contribution in [0, 0.1) is 10.1 Å². The molecule has 28 heavy (non-hydrogen) atoms. The second-order valence-electron chi connectivity index (χ2n) is 5.81. The van der Waals surface area contributed by atoms with E-state index >= 15 is 0 Å². The Morgan fingerprint density at radius 2 is 1.32 bits per heavy atom. The molecule has 2 amide bonds. The first kappa shape index (κ1) is 19.1. The molecule has 0 atom stereocenters. The molecule has 8 heteroatoms. The molecule has 3 aromatic carbocycles. The lowest BCUT2D eigenvalue weighted by molar-refractivity contribution is -0.384. The number of nitrogens with one attached hydrogen (secondary N) is 2. The minimum absolute atomic E-state index is 0.142. The van der Waals surface area contributed by atoms with Crippen molar-refractivity contribution in [1.82, 2.24) is 0 Å². The van der Waals surface area contributed by atoms with Gasteiger partial charge in [0.2, 0.25) is 0 Å². The summed E-state index contributed by atoms with van der Waals surface area (Å²) in [6.07, 6.45) is 0. The van der Waals surface area contributed by atoms with Gasteiger partial charge in [0.05, 0.1) is 4.92 Å². The number of carbonyl (C=O) groups is 2. The van der Waals surface area contributed by atoms with E-state index < -0.39 is 10.8 Å². The molecule has 0 aliphatic carbocycles. The Bertz CT molecular complexity index is 1070. The van der Waals surface area contributed by atoms with E-state index in [-0.39, 0.29) is 17.2 Å². The Kier molecular flexibility index (Phi) is 5.67. The van der Waals surface area contributed by atoms with Crippen molar-refractivity contribution in [1.29, 1.82) is 0 Å². The standard InChI is InChI=1S/C20H14ClN3O4/c21-15-6-3-8-17(12-15)23-19(25)13-4-1-7-16(10-13)22-20(26)14-5-2-9-18(11-14)24(27)28/h1-12H,(H,22,26)(H,23,25). The second-order valence-corrected chi connectivity index (χ2v) is 6.24. The number of benzene rings is 3. The average Bonchev–Trinajstić information content (AvgIpc) is 2.68. The molecule has 0 heterocycles. The number of nitro benzene ring substituents is 1. The summed E-state index contributed by atoms with van der Waals surface area (Å²) in [6, 6.07) is 18.5. The minimum Gasteiger partial charge on any atom is -0.322 e. The van der Waals surface area contributed by atoms with E-state index in [9.17, 15) is 19.7 Å². The van der Waals surface area contributed by atoms with Crippen molar-refractivity contribution in [2.45, 2.75) is 0 Å². The fraction of sp³-hybridized carbons (Fsp3) is 0. The lowest BCUT2D eigenvalue weighted by atomic mass is 10.1. The van der Waals surface area contributed by atoms with E-state index in [1.54, 1.807) is 42.5 Å². The van der Waals surface area contributed by atoms with Crippen LogP contribution in [0.25, 0.3) is 0 Å². The average molecular weight is 396 g/mol. The lowest BCUT2D eigenvalue weighted by Crippen LogP contribution is -2.14. The van der Waals surface area contributed by atoms with Crippen molar-refractivity contribution in [3.05, 3.63) is 99.1 Å². The highest BCUT2D eigenvalue weighted by Gasteiger charge is 2.13. The SMILES string of the molecule is O=C(Nc1cccc(Cl)c1)c1cccc(NC(=O)c2cccc([N+](=O)[O-])c2)c1. The van der Waals surface area contributed by atoms with Crippen LogP contribution in [0.3, 0.4) is 0 Å². The summed E-state index contributed by atoms with van der Waals surface area (Å²) in [4.78, 5) is 35.0. The van der Waals surface area contributed by atoms with E-state index in [1.165, 1.54) is 30.3 Å². The third-order valence-corrected chi connectivity index (χ3v) is 4.02. The minimum atomic E-state index is -0.572. The van der Waals surface area contributed by atoms with Gasteiger partial charge in [-0.1, -0.05) is 29.8 Å². The summed E-state index contributed by atoms with van der Waals surface area (Å²) in [5, 5.41) is 16.7. The van der Waals surface area contributed by atoms with Gasteiger partial charge in [0.1, 0.15) is 0 Å². The molecule has 0 aliphatic heterocycles. The Morgan fingerprint density at radius 1 is 0.786 bits per heavy atom. The van der Waals surface area contributed by atoms with Crippen LogP contribution in [0.2, 0.25) is 5.02 Å². The molecule has 0 unspecified atom stereocenters. The highest BCUT2D eigenvalue weighted by Crippen LogP contribution is 2.18. The Hall–Kier alpha value is -3.71. The summed E-state index contributed by atoms with van der Waals surface area (Å²) in [5.74, 6) is -0.884. The summed E-state index contributed by atoms with van der Waals surface area (Å²) in [7, 11) is 0. The van der Waals surface area contributed by atoms with Gasteiger partial charge in [-0.25, -0.2) is 0 Å². The highest BCUT2D eigenvalue weighted by atomic mass is 35.5. The maximum atomic E-state index is 12.4. The molecule has 2 N–H and O–H groups in total. The monoisotopic (exact) mass is 395 g/mol. The Morgan fingerprint density at radius 3 is 1.93 bits per heavy atom. The van der Waals surface area contributed by atoms with Crippen LogP contribution in [0.4, 0.5) is 17.1 Å². The topological polar surface area (TPSA) is 101 Å². The van der Waals surface area contributed by atoms with Crippen LogP contribution in [-0.4, -0.2) is 16.7 Å². The second kappa shape index (κ2) is 8.32. The molecule has 0 saturated heterocycles. The van der Waals surface area contributed by atoms with Crippen LogP contribution < -0.4 is 10.6 Å². The van der Waals surface area contributed by atoms with Gasteiger partial charge in [-0.05, 0) is 42.5 Å². The first-order valence-corrected chi connectivity index (χ1v) is 8.53. The number of hydrogen-bond acceptors (Lipinski definition) is 4. The van der Waals surface area contributed by atoms with Gasteiger partial charge in [-0.2, -0.15) is 0 Å². The maximum absolute atomic E-state index is 12.4. The molecule has 0 fully saturated rings. The Labute approximate surface area is 165 Å². The fourth-order valence-corrected chi connectivity index (χ4v) is 2.66. The Balaban J connectivity index is 1.74. The number of carbonyl (C=O) groups excluding carboxylic acids is 2. The van der Waals surface area contributed by atoms with Gasteiger partial charge in [-0.3, -0.25) is 19.7 Å². The van der Waals surface area contributed by atoms with E-state index in [1.807, 2.05) is 0 Å². The van der Waals surface area contributed by atoms with Crippen molar-refractivity contribution in [3.63, 3.8) is 0 Å². The zero-order valence-corrected chi connectivity index (χ0v) is 15.1. The van der Waals surface area contributed by atoms with Crippen molar-refractivity contribution in [3.8, 4) is 0 Å². The zero-order valence-electron chi connectivity index (χ0n) is 14.4. The number of non-ortho nitro benzene ring substituents is 1. The first-order chi connectivity index (χ1) is 13.4. The molecule has 0 aliphatic rings. The van der Waals surface area contributed by atoms with E-state index in [2.05, 4.69) is 10.6 Å². The number of hydrogen-bond donors (Lipinski definition) is 2. The van der Waals surface area contributed by atoms with E-state index in [4.69, 9.17) is 11.6 Å². The van der Waals surface area contributed by atoms with Gasteiger partial charge in [0.25, 0.3) is 17.5 Å². The summed E-state index contributed by atoms with van der Waals surface area (Å²) < 4.78 is 0. The third-order valence-electron chi connectivity index (χ3n) is 3.78. The number of halogens is 1. The van der Waals surface area contributed by atoms with Gasteiger partial charge in [0.15, 0.2) is 0 Å². The van der Waals surface area contributed by atoms with Crippen LogP contribution in [0.1, 0.15) is 20.7 Å². The van der Waals surface area contributed by atoms with Crippen molar-refractivity contribution < 1.29 is 14.5 Å². The number of anilines is 2. The van der Waals surface area contributed by atoms with Gasteiger partial charge < -0.3 is 10.6 Å². The highest BCUT2D eigenvalue weighted by molar-refractivity contribution is 6.31. The van der Waals surface area contributed by atoms with Crippen LogP contribution in [0.5, 0.6) is 0 Å². The summed E-state index contributed by atoms with van der Waals surface area (Å²) in [6.45, 7) is 0. The molecule has 3 aromatic rings. The molecule has 7 nitrogen and oxygen atoms in total. The molecule has 0 radical (unpaired) electrons. The van der Waals surface area contributed by atoms with Crippen LogP contribution in [-0.2, 0) is 0 Å². The lowest BCUT2D eigenvalue weighted by Gasteiger charge is -2.09. The fourth-order valence-electron chi connectivity index (χ4n) is 2.47. The molecule has 3 rings (SSSR count). The maximum Gasteiger partial charge on any atom is 0.270 e. The van der Waals surface area contributed by atoms with Crippen molar-refractivity contribution >= 4 is 40.5 Å². The summed E-state index contributed by atoms with van der Waals surface area (Å²) in [5.41, 5.74) is 1.22. The molecule has 0 aromatic heterocycles. The van der Waals surface area contributed by atoms with Gasteiger partial charge in [0, 0.05) is 39.7 Å². The smallest absolute Gasteiger partial charge is 0.270 e. The van der Waals surface area contributed by atoms with Gasteiger partial charge in [-0.15, -0.1) is 0 Å². The van der Waals surface area contributed by atoms with E-state index in [0.29, 0.717) is 22.0 Å². The molecule has 0 saturated carbocycles. The zero-order chi connectivity index (χ0) is 20.1. The number of amides is 2. The number of rotatable bonds is 5. The number of nitrogens with zero attached hydrogens (tertiary/aromatic N) is 1. The largest absolute Gasteiger partial charge is 0.322 e. The van der Waals surface area contributed by atoms with Crippen molar-refractivity contribution in [2.75, 3.05) is 10.6 Å². The molecule has 0 bridgehead atoms. The van der Waals surface area contributed by atoms with Crippen LogP contribution in [0.15, 0.2) is 72.8 Å². The predicted octanol–water partition coefficient (Wildman–Crippen LogP) is 4.75. The third kappa shape index (κ3) is 4.72. The molecule has 140 valence electrons. The quantitative estimate of drug-likeness (QED) is 0.480. The first-order valence-electron chi connectivity index (χ1n) is 8.15. The normalized spacial score (nSPS) is 10.2. The van der Waals surface area contributed by atoms with Crippen LogP contribution >= 0.6 is 11.6 Å². The molecule has 0 spiro atoms. The van der Waals surface area contributed by atoms with Crippen molar-refractivity contribution in [2.24, 2.45) is 0 Å².